The Kier molecular flexibility index (Phi) is 6.94. The highest BCUT2D eigenvalue weighted by Gasteiger charge is 2.17. The van der Waals surface area contributed by atoms with Crippen LogP contribution < -0.4 is 15.2 Å². The molecular formula is C13H22N2O4S. The SMILES string of the molecule is CCC(CN)NS(=O)(=O)c1ccc(OCCOC)cc1. The highest BCUT2D eigenvalue weighted by molar-refractivity contribution is 7.89. The maximum Gasteiger partial charge on any atom is 0.240 e. The lowest BCUT2D eigenvalue weighted by Crippen LogP contribution is -2.39. The predicted octanol–water partition coefficient (Wildman–Crippen LogP) is 0.727. The monoisotopic (exact) mass is 302 g/mol. The van der Waals surface area contributed by atoms with E-state index in [2.05, 4.69) is 4.72 Å². The second-order valence-electron chi connectivity index (χ2n) is 4.27. The van der Waals surface area contributed by atoms with Gasteiger partial charge < -0.3 is 15.2 Å². The average molecular weight is 302 g/mol. The molecule has 0 spiro atoms. The molecule has 0 saturated carbocycles. The van der Waals surface area contributed by atoms with E-state index in [0.717, 1.165) is 0 Å². The van der Waals surface area contributed by atoms with E-state index < -0.39 is 10.0 Å². The molecule has 7 heteroatoms. The highest BCUT2D eigenvalue weighted by atomic mass is 32.2. The first-order valence-corrected chi connectivity index (χ1v) is 7.96. The zero-order chi connectivity index (χ0) is 15.0. The first-order valence-electron chi connectivity index (χ1n) is 6.47. The number of hydrogen-bond donors (Lipinski definition) is 2. The smallest absolute Gasteiger partial charge is 0.240 e. The third-order valence-corrected chi connectivity index (χ3v) is 4.33. The molecule has 0 amide bonds. The van der Waals surface area contributed by atoms with Crippen LogP contribution in [0.1, 0.15) is 13.3 Å². The van der Waals surface area contributed by atoms with Crippen LogP contribution in [0.5, 0.6) is 5.75 Å². The molecule has 0 fully saturated rings. The molecule has 0 radical (unpaired) electrons. The summed E-state index contributed by atoms with van der Waals surface area (Å²) in [6.45, 7) is 3.06. The van der Waals surface area contributed by atoms with Gasteiger partial charge in [-0.15, -0.1) is 0 Å². The number of ether oxygens (including phenoxy) is 2. The molecule has 3 N–H and O–H groups in total. The molecule has 114 valence electrons. The van der Waals surface area contributed by atoms with Gasteiger partial charge in [0.15, 0.2) is 0 Å². The number of nitrogens with one attached hydrogen (secondary N) is 1. The molecule has 1 atom stereocenters. The number of sulfonamides is 1. The second kappa shape index (κ2) is 8.21. The second-order valence-corrected chi connectivity index (χ2v) is 5.99. The zero-order valence-corrected chi connectivity index (χ0v) is 12.7. The summed E-state index contributed by atoms with van der Waals surface area (Å²) in [5.74, 6) is 0.604. The molecule has 1 aromatic rings. The molecule has 0 aromatic heterocycles. The Hall–Kier alpha value is -1.15. The van der Waals surface area contributed by atoms with E-state index in [1.807, 2.05) is 6.92 Å². The van der Waals surface area contributed by atoms with Crippen LogP contribution in [0.25, 0.3) is 0 Å². The summed E-state index contributed by atoms with van der Waals surface area (Å²) in [5.41, 5.74) is 5.50. The molecule has 0 aliphatic heterocycles. The Morgan fingerprint density at radius 2 is 1.90 bits per heavy atom. The van der Waals surface area contributed by atoms with Gasteiger partial charge >= 0.3 is 0 Å². The lowest BCUT2D eigenvalue weighted by molar-refractivity contribution is 0.146. The topological polar surface area (TPSA) is 90.7 Å². The van der Waals surface area contributed by atoms with Gasteiger partial charge in [0.2, 0.25) is 10.0 Å². The summed E-state index contributed by atoms with van der Waals surface area (Å²) in [6, 6.07) is 6.00. The van der Waals surface area contributed by atoms with Gasteiger partial charge in [0, 0.05) is 19.7 Å². The maximum atomic E-state index is 12.1. The van der Waals surface area contributed by atoms with Crippen molar-refractivity contribution in [3.05, 3.63) is 24.3 Å². The van der Waals surface area contributed by atoms with Gasteiger partial charge in [0.25, 0.3) is 0 Å². The van der Waals surface area contributed by atoms with Crippen LogP contribution in [0, 0.1) is 0 Å². The zero-order valence-electron chi connectivity index (χ0n) is 11.8. The summed E-state index contributed by atoms with van der Waals surface area (Å²) < 4.78 is 37.0. The van der Waals surface area contributed by atoms with Crippen molar-refractivity contribution >= 4 is 10.0 Å². The Labute approximate surface area is 120 Å². The minimum atomic E-state index is -3.54. The van der Waals surface area contributed by atoms with Crippen LogP contribution in [0.4, 0.5) is 0 Å². The first-order chi connectivity index (χ1) is 9.53. The summed E-state index contributed by atoms with van der Waals surface area (Å²) >= 11 is 0. The van der Waals surface area contributed by atoms with Crippen LogP contribution in [0.2, 0.25) is 0 Å². The fourth-order valence-electron chi connectivity index (χ4n) is 1.54. The van der Waals surface area contributed by atoms with E-state index >= 15 is 0 Å². The molecule has 1 unspecified atom stereocenters. The maximum absolute atomic E-state index is 12.1. The Morgan fingerprint density at radius 1 is 1.25 bits per heavy atom. The van der Waals surface area contributed by atoms with E-state index in [-0.39, 0.29) is 17.5 Å². The molecule has 1 rings (SSSR count). The van der Waals surface area contributed by atoms with E-state index in [1.54, 1.807) is 19.2 Å². The number of rotatable bonds is 9. The standard InChI is InChI=1S/C13H22N2O4S/c1-3-11(10-14)15-20(16,17)13-6-4-12(5-7-13)19-9-8-18-2/h4-7,11,15H,3,8-10,14H2,1-2H3. The minimum absolute atomic E-state index is 0.198. The van der Waals surface area contributed by atoms with E-state index in [0.29, 0.717) is 25.4 Å². The molecule has 6 nitrogen and oxygen atoms in total. The molecule has 0 heterocycles. The first kappa shape index (κ1) is 16.9. The molecular weight excluding hydrogens is 280 g/mol. The van der Waals surface area contributed by atoms with Crippen molar-refractivity contribution in [2.75, 3.05) is 26.9 Å². The van der Waals surface area contributed by atoms with Gasteiger partial charge in [0.05, 0.1) is 11.5 Å². The van der Waals surface area contributed by atoms with Gasteiger partial charge in [-0.25, -0.2) is 13.1 Å². The van der Waals surface area contributed by atoms with Crippen LogP contribution in [0.15, 0.2) is 29.2 Å². The quantitative estimate of drug-likeness (QED) is 0.656. The lowest BCUT2D eigenvalue weighted by atomic mass is 10.2. The Bertz CT molecular complexity index is 484. The van der Waals surface area contributed by atoms with Crippen LogP contribution in [-0.2, 0) is 14.8 Å². The van der Waals surface area contributed by atoms with Crippen molar-refractivity contribution in [2.24, 2.45) is 5.73 Å². The van der Waals surface area contributed by atoms with Gasteiger partial charge in [-0.2, -0.15) is 0 Å². The average Bonchev–Trinajstić information content (AvgIpc) is 2.45. The summed E-state index contributed by atoms with van der Waals surface area (Å²) in [7, 11) is -1.95. The summed E-state index contributed by atoms with van der Waals surface area (Å²) in [6.07, 6.45) is 0.647. The van der Waals surface area contributed by atoms with Crippen molar-refractivity contribution < 1.29 is 17.9 Å². The Balaban J connectivity index is 2.71. The fourth-order valence-corrected chi connectivity index (χ4v) is 2.88. The summed E-state index contributed by atoms with van der Waals surface area (Å²) in [4.78, 5) is 0.198. The van der Waals surface area contributed by atoms with E-state index in [1.165, 1.54) is 12.1 Å². The molecule has 0 aliphatic rings. The number of methoxy groups -OCH3 is 1. The molecule has 1 aromatic carbocycles. The number of nitrogens with two attached hydrogens (primary N) is 1. The van der Waals surface area contributed by atoms with Crippen molar-refractivity contribution in [3.8, 4) is 5.75 Å². The number of benzene rings is 1. The fraction of sp³-hybridized carbons (Fsp3) is 0.538. The third-order valence-electron chi connectivity index (χ3n) is 2.79. The van der Waals surface area contributed by atoms with Crippen LogP contribution in [0.3, 0.4) is 0 Å². The highest BCUT2D eigenvalue weighted by Crippen LogP contribution is 2.16. The minimum Gasteiger partial charge on any atom is -0.491 e. The Morgan fingerprint density at radius 3 is 2.40 bits per heavy atom. The van der Waals surface area contributed by atoms with Gasteiger partial charge in [-0.3, -0.25) is 0 Å². The van der Waals surface area contributed by atoms with Crippen molar-refractivity contribution in [1.29, 1.82) is 0 Å². The van der Waals surface area contributed by atoms with E-state index in [9.17, 15) is 8.42 Å². The summed E-state index contributed by atoms with van der Waals surface area (Å²) in [5, 5.41) is 0. The molecule has 0 saturated heterocycles. The van der Waals surface area contributed by atoms with Crippen LogP contribution in [-0.4, -0.2) is 41.3 Å². The lowest BCUT2D eigenvalue weighted by Gasteiger charge is -2.15. The van der Waals surface area contributed by atoms with Crippen molar-refractivity contribution in [1.82, 2.24) is 4.72 Å². The van der Waals surface area contributed by atoms with Crippen LogP contribution >= 0.6 is 0 Å². The predicted molar refractivity (Wildman–Crippen MR) is 77.3 cm³/mol. The van der Waals surface area contributed by atoms with Gasteiger partial charge in [0.1, 0.15) is 12.4 Å². The van der Waals surface area contributed by atoms with Gasteiger partial charge in [-0.05, 0) is 30.7 Å². The molecule has 20 heavy (non-hydrogen) atoms. The third kappa shape index (κ3) is 5.09. The number of hydrogen-bond acceptors (Lipinski definition) is 5. The molecule has 0 bridgehead atoms. The largest absolute Gasteiger partial charge is 0.491 e. The molecule has 0 aliphatic carbocycles. The van der Waals surface area contributed by atoms with E-state index in [4.69, 9.17) is 15.2 Å². The van der Waals surface area contributed by atoms with Crippen molar-refractivity contribution in [2.45, 2.75) is 24.3 Å². The van der Waals surface area contributed by atoms with Crippen molar-refractivity contribution in [3.63, 3.8) is 0 Å². The van der Waals surface area contributed by atoms with Gasteiger partial charge in [-0.1, -0.05) is 6.92 Å². The normalized spacial score (nSPS) is 13.2.